The summed E-state index contributed by atoms with van der Waals surface area (Å²) < 4.78 is 9.07. The summed E-state index contributed by atoms with van der Waals surface area (Å²) in [6, 6.07) is 92.6. The molecule has 10 aromatic carbocycles. The number of ether oxygens (including phenoxy) is 1. The number of para-hydroxylation sites is 5. The van der Waals surface area contributed by atoms with Crippen molar-refractivity contribution in [1.82, 2.24) is 14.5 Å². The van der Waals surface area contributed by atoms with Gasteiger partial charge in [0.2, 0.25) is 0 Å². The number of benzene rings is 10. The Hall–Kier alpha value is -10.0. The van der Waals surface area contributed by atoms with E-state index >= 15 is 0 Å². The summed E-state index contributed by atoms with van der Waals surface area (Å²) in [7, 11) is 0. The Morgan fingerprint density at radius 1 is 0.386 bits per heavy atom. The van der Waals surface area contributed by atoms with E-state index in [0.717, 1.165) is 107 Å². The summed E-state index contributed by atoms with van der Waals surface area (Å²) in [5.41, 5.74) is 22.1. The van der Waals surface area contributed by atoms with Gasteiger partial charge in [0.25, 0.3) is 0 Å². The molecule has 0 bridgehead atoms. The molecule has 88 heavy (non-hydrogen) atoms. The summed E-state index contributed by atoms with van der Waals surface area (Å²) in [4.78, 5) is 19.7. The average molecular weight is 1320 g/mol. The Morgan fingerprint density at radius 2 is 0.875 bits per heavy atom. The maximum absolute atomic E-state index is 6.87. The van der Waals surface area contributed by atoms with E-state index in [4.69, 9.17) is 14.7 Å². The molecule has 0 amide bonds. The van der Waals surface area contributed by atoms with Crippen molar-refractivity contribution in [3.63, 3.8) is 0 Å². The van der Waals surface area contributed by atoms with E-state index in [1.165, 1.54) is 33.4 Å². The molecule has 3 aliphatic heterocycles. The number of hydrogen-bond acceptors (Lipinski definition) is 7. The second-order valence-electron chi connectivity index (χ2n) is 24.7. The summed E-state index contributed by atoms with van der Waals surface area (Å²) in [6.45, 7) is 15.8. The predicted octanol–water partition coefficient (Wildman–Crippen LogP) is 21.2. The molecule has 13 aromatic rings. The first-order chi connectivity index (χ1) is 42.4. The van der Waals surface area contributed by atoms with Crippen LogP contribution in [0.15, 0.2) is 249 Å². The second-order valence-corrected chi connectivity index (χ2v) is 24.7. The fourth-order valence-corrected chi connectivity index (χ4v) is 13.2. The van der Waals surface area contributed by atoms with Crippen LogP contribution in [0.1, 0.15) is 52.7 Å². The number of anilines is 10. The zero-order chi connectivity index (χ0) is 58.7. The van der Waals surface area contributed by atoms with E-state index < -0.39 is 0 Å². The Bertz CT molecular complexity index is 4620. The van der Waals surface area contributed by atoms with Crippen molar-refractivity contribution in [3.05, 3.63) is 279 Å². The molecule has 8 nitrogen and oxygen atoms in total. The summed E-state index contributed by atoms with van der Waals surface area (Å²) in [5, 5.41) is 2.19. The molecule has 0 unspecified atom stereocenters. The Balaban J connectivity index is 0.00000650. The van der Waals surface area contributed by atoms with Crippen LogP contribution in [-0.4, -0.2) is 14.5 Å². The van der Waals surface area contributed by atoms with E-state index in [0.29, 0.717) is 11.5 Å². The number of pyridine rings is 2. The molecule has 0 aliphatic carbocycles. The van der Waals surface area contributed by atoms with Crippen LogP contribution in [0, 0.1) is 18.8 Å². The minimum atomic E-state index is -0.300. The molecule has 0 atom stereocenters. The summed E-state index contributed by atoms with van der Waals surface area (Å²) >= 11 is 0. The van der Waals surface area contributed by atoms with Gasteiger partial charge in [-0.2, -0.15) is 12.1 Å². The van der Waals surface area contributed by atoms with Crippen molar-refractivity contribution >= 4 is 78.8 Å². The molecular weight excluding hydrogens is 1260 g/mol. The molecule has 0 N–H and O–H groups in total. The zero-order valence-electron chi connectivity index (χ0n) is 49.6. The first kappa shape index (κ1) is 54.6. The zero-order valence-corrected chi connectivity index (χ0v) is 51.9. The van der Waals surface area contributed by atoms with E-state index in [1.54, 1.807) is 0 Å². The van der Waals surface area contributed by atoms with E-state index in [1.807, 2.05) is 36.7 Å². The number of aromatic nitrogens is 3. The van der Waals surface area contributed by atoms with Gasteiger partial charge in [0, 0.05) is 72.7 Å². The predicted molar refractivity (Wildman–Crippen MR) is 358 cm³/mol. The van der Waals surface area contributed by atoms with E-state index in [-0.39, 0.29) is 31.9 Å². The molecule has 9 heteroatoms. The normalized spacial score (nSPS) is 13.1. The molecule has 430 valence electrons. The third-order valence-electron chi connectivity index (χ3n) is 17.4. The SMILES string of the molecule is CC(C)(C)c1ccnc(-n2c3[c-]c(Oc4[c-]c(N5[CH-]N(c6c(N7c8ccccc8-c8ccccc8-c8ccccc87)cc(C(C)(C)C)cc6N6c7ccccc7-c7ccccc7-c7ccccc76)c6cccnc65)ccc4)ccc3c3ccccc32)c1.[Pt]. The van der Waals surface area contributed by atoms with Crippen LogP contribution < -0.4 is 24.3 Å². The van der Waals surface area contributed by atoms with Crippen molar-refractivity contribution in [1.29, 1.82) is 0 Å². The second kappa shape index (κ2) is 21.1. The van der Waals surface area contributed by atoms with Crippen molar-refractivity contribution in [2.24, 2.45) is 0 Å². The minimum Gasteiger partial charge on any atom is -0.509 e. The standard InChI is InChI=1S/C79H60N7O.Pt/c1-78(2,3)51-42-44-80-75(47-51)86-70-38-20-15-33-64(70)65-41-40-55(49-72(65)86)87-54-24-21-23-53(48-54)82-50-83(71-39-22-43-81-77(71)82)76-73(84-66-34-16-11-29-60(66)56-25-7-8-26-57(56)61-30-12-17-35-67(61)84)45-52(79(4,5)6)46-74(76)85-68-36-18-13-31-62(68)58-27-9-10-28-59(58)63-32-14-19-37-69(63)85;/h7-47,50H,1-6H3;/q-3;. The van der Waals surface area contributed by atoms with Gasteiger partial charge in [-0.15, -0.1) is 42.4 Å². The molecule has 0 spiro atoms. The van der Waals surface area contributed by atoms with Crippen LogP contribution in [0.3, 0.4) is 0 Å². The molecule has 6 heterocycles. The first-order valence-corrected chi connectivity index (χ1v) is 29.8. The van der Waals surface area contributed by atoms with Crippen molar-refractivity contribution in [2.45, 2.75) is 52.4 Å². The van der Waals surface area contributed by atoms with Crippen LogP contribution in [0.2, 0.25) is 0 Å². The van der Waals surface area contributed by atoms with E-state index in [9.17, 15) is 0 Å². The van der Waals surface area contributed by atoms with Crippen LogP contribution in [-0.2, 0) is 31.9 Å². The van der Waals surface area contributed by atoms with Gasteiger partial charge in [0.15, 0.2) is 0 Å². The van der Waals surface area contributed by atoms with Crippen LogP contribution in [0.25, 0.3) is 72.1 Å². The van der Waals surface area contributed by atoms with Crippen molar-refractivity contribution in [2.75, 3.05) is 19.6 Å². The third-order valence-corrected chi connectivity index (χ3v) is 17.4. The van der Waals surface area contributed by atoms with Crippen molar-refractivity contribution in [3.8, 4) is 61.8 Å². The van der Waals surface area contributed by atoms with Crippen molar-refractivity contribution < 1.29 is 25.8 Å². The number of rotatable bonds is 7. The van der Waals surface area contributed by atoms with Gasteiger partial charge >= 0.3 is 0 Å². The summed E-state index contributed by atoms with van der Waals surface area (Å²) in [6.07, 6.45) is 3.78. The van der Waals surface area contributed by atoms with Gasteiger partial charge in [-0.1, -0.05) is 192 Å². The van der Waals surface area contributed by atoms with E-state index in [2.05, 4.69) is 297 Å². The monoisotopic (exact) mass is 1320 g/mol. The summed E-state index contributed by atoms with van der Waals surface area (Å²) in [5.74, 6) is 2.68. The van der Waals surface area contributed by atoms with Gasteiger partial charge in [-0.3, -0.25) is 0 Å². The molecule has 0 saturated heterocycles. The van der Waals surface area contributed by atoms with Gasteiger partial charge in [-0.25, -0.2) is 9.97 Å². The largest absolute Gasteiger partial charge is 0.509 e. The quantitative estimate of drug-likeness (QED) is 0.147. The van der Waals surface area contributed by atoms with Crippen LogP contribution in [0.4, 0.5) is 57.0 Å². The topological polar surface area (TPSA) is 52.9 Å². The smallest absolute Gasteiger partial charge is 0.135 e. The van der Waals surface area contributed by atoms with Gasteiger partial charge in [0.1, 0.15) is 11.6 Å². The number of hydrogen-bond donors (Lipinski definition) is 0. The molecule has 0 saturated carbocycles. The number of fused-ring (bicyclic) bond motifs is 14. The Labute approximate surface area is 528 Å². The molecular formula is C79H60N7OPt-3. The maximum atomic E-state index is 6.87. The molecule has 0 fully saturated rings. The molecule has 3 aliphatic rings. The van der Waals surface area contributed by atoms with Gasteiger partial charge < -0.3 is 28.9 Å². The fraction of sp³-hybridized carbons (Fsp3) is 0.101. The number of nitrogens with zero attached hydrogens (tertiary/aromatic N) is 7. The maximum Gasteiger partial charge on any atom is 0.135 e. The third kappa shape index (κ3) is 8.91. The Kier molecular flexibility index (Phi) is 13.1. The first-order valence-electron chi connectivity index (χ1n) is 29.8. The minimum absolute atomic E-state index is 0. The van der Waals surface area contributed by atoms with Crippen LogP contribution in [0.5, 0.6) is 11.5 Å². The fourth-order valence-electron chi connectivity index (χ4n) is 13.2. The Morgan fingerprint density at radius 3 is 1.42 bits per heavy atom. The van der Waals surface area contributed by atoms with Gasteiger partial charge in [0.05, 0.1) is 45.5 Å². The van der Waals surface area contributed by atoms with Crippen LogP contribution >= 0.6 is 0 Å². The average Bonchev–Trinajstić information content (AvgIpc) is 1.56. The van der Waals surface area contributed by atoms with Gasteiger partial charge in [-0.05, 0) is 116 Å². The molecule has 16 rings (SSSR count). The molecule has 3 aromatic heterocycles. The molecule has 0 radical (unpaired) electrons.